The minimum absolute atomic E-state index is 0.113. The van der Waals surface area contributed by atoms with Crippen LogP contribution in [0.15, 0.2) is 75.9 Å². The molecule has 0 saturated carbocycles. The molecule has 0 aliphatic heterocycles. The van der Waals surface area contributed by atoms with E-state index in [1.54, 1.807) is 61.5 Å². The Hall–Kier alpha value is -3.11. The van der Waals surface area contributed by atoms with Gasteiger partial charge in [-0.2, -0.15) is 0 Å². The van der Waals surface area contributed by atoms with E-state index in [0.29, 0.717) is 33.1 Å². The Morgan fingerprint density at radius 2 is 1.82 bits per heavy atom. The van der Waals surface area contributed by atoms with E-state index in [1.807, 2.05) is 0 Å². The van der Waals surface area contributed by atoms with Gasteiger partial charge in [-0.05, 0) is 54.4 Å². The van der Waals surface area contributed by atoms with Crippen LogP contribution in [0.25, 0.3) is 22.1 Å². The smallest absolute Gasteiger partial charge is 0.200 e. The molecule has 0 fully saturated rings. The molecule has 1 heterocycles. The highest BCUT2D eigenvalue weighted by atomic mass is 35.5. The van der Waals surface area contributed by atoms with Crippen molar-refractivity contribution in [3.8, 4) is 16.9 Å². The van der Waals surface area contributed by atoms with Gasteiger partial charge in [-0.25, -0.2) is 4.39 Å². The molecule has 0 bridgehead atoms. The molecule has 0 spiro atoms. The predicted octanol–water partition coefficient (Wildman–Crippen LogP) is 6.14. The van der Waals surface area contributed by atoms with Crippen LogP contribution in [0.4, 0.5) is 4.39 Å². The Bertz CT molecular complexity index is 1210. The zero-order valence-electron chi connectivity index (χ0n) is 15.0. The third kappa shape index (κ3) is 3.64. The summed E-state index contributed by atoms with van der Waals surface area (Å²) in [7, 11) is 0. The number of hydrogen-bond donors (Lipinski definition) is 0. The zero-order chi connectivity index (χ0) is 19.7. The summed E-state index contributed by atoms with van der Waals surface area (Å²) < 4.78 is 24.9. The molecule has 0 amide bonds. The largest absolute Gasteiger partial charge is 0.489 e. The number of ether oxygens (including phenoxy) is 1. The Balaban J connectivity index is 1.68. The van der Waals surface area contributed by atoms with Crippen molar-refractivity contribution in [3.05, 3.63) is 99.1 Å². The van der Waals surface area contributed by atoms with Crippen molar-refractivity contribution in [1.29, 1.82) is 0 Å². The van der Waals surface area contributed by atoms with E-state index in [2.05, 4.69) is 0 Å². The predicted molar refractivity (Wildman–Crippen MR) is 108 cm³/mol. The number of fused-ring (bicyclic) bond motifs is 1. The highest BCUT2D eigenvalue weighted by Gasteiger charge is 2.14. The number of benzene rings is 3. The summed E-state index contributed by atoms with van der Waals surface area (Å²) in [6.07, 6.45) is 0. The maximum absolute atomic E-state index is 13.3. The summed E-state index contributed by atoms with van der Waals surface area (Å²) in [5.41, 5.74) is 2.31. The molecule has 0 radical (unpaired) electrons. The van der Waals surface area contributed by atoms with Gasteiger partial charge in [-0.3, -0.25) is 4.79 Å². The Labute approximate surface area is 166 Å². The maximum atomic E-state index is 13.3. The third-order valence-electron chi connectivity index (χ3n) is 4.47. The first-order chi connectivity index (χ1) is 13.5. The van der Waals surface area contributed by atoms with E-state index in [0.717, 1.165) is 11.1 Å². The van der Waals surface area contributed by atoms with Gasteiger partial charge in [-0.15, -0.1) is 0 Å². The first kappa shape index (κ1) is 18.3. The Morgan fingerprint density at radius 1 is 1.04 bits per heavy atom. The van der Waals surface area contributed by atoms with Crippen LogP contribution in [0.3, 0.4) is 0 Å². The number of halogens is 2. The third-order valence-corrected chi connectivity index (χ3v) is 4.72. The van der Waals surface area contributed by atoms with E-state index in [-0.39, 0.29) is 17.9 Å². The molecule has 4 rings (SSSR count). The lowest BCUT2D eigenvalue weighted by Gasteiger charge is -2.10. The summed E-state index contributed by atoms with van der Waals surface area (Å²) >= 11 is 5.94. The van der Waals surface area contributed by atoms with Crippen molar-refractivity contribution in [3.63, 3.8) is 0 Å². The molecular formula is C23H16ClFO3. The molecule has 0 atom stereocenters. The van der Waals surface area contributed by atoms with Crippen LogP contribution in [-0.4, -0.2) is 0 Å². The summed E-state index contributed by atoms with van der Waals surface area (Å²) in [4.78, 5) is 13.0. The van der Waals surface area contributed by atoms with E-state index >= 15 is 0 Å². The fourth-order valence-corrected chi connectivity index (χ4v) is 3.25. The zero-order valence-corrected chi connectivity index (χ0v) is 15.8. The standard InChI is InChI=1S/C23H16ClFO3/c1-14-22(16-5-7-17(24)8-6-16)23(26)20-10-9-19(12-21(20)28-14)27-13-15-3-2-4-18(25)11-15/h2-12H,13H2,1H3. The molecule has 4 aromatic rings. The minimum atomic E-state index is -0.309. The van der Waals surface area contributed by atoms with Crippen LogP contribution in [-0.2, 0) is 6.61 Å². The highest BCUT2D eigenvalue weighted by Crippen LogP contribution is 2.27. The van der Waals surface area contributed by atoms with Gasteiger partial charge in [0, 0.05) is 11.1 Å². The fraction of sp³-hybridized carbons (Fsp3) is 0.0870. The Morgan fingerprint density at radius 3 is 2.57 bits per heavy atom. The van der Waals surface area contributed by atoms with Crippen LogP contribution in [0.5, 0.6) is 5.75 Å². The molecule has 0 aliphatic rings. The van der Waals surface area contributed by atoms with Gasteiger partial charge >= 0.3 is 0 Å². The summed E-state index contributed by atoms with van der Waals surface area (Å²) in [6.45, 7) is 1.97. The van der Waals surface area contributed by atoms with Gasteiger partial charge in [0.05, 0.1) is 10.9 Å². The van der Waals surface area contributed by atoms with Crippen LogP contribution >= 0.6 is 11.6 Å². The van der Waals surface area contributed by atoms with Crippen LogP contribution in [0.2, 0.25) is 5.02 Å². The maximum Gasteiger partial charge on any atom is 0.200 e. The van der Waals surface area contributed by atoms with Crippen molar-refractivity contribution < 1.29 is 13.5 Å². The van der Waals surface area contributed by atoms with Crippen molar-refractivity contribution in [2.24, 2.45) is 0 Å². The average Bonchev–Trinajstić information content (AvgIpc) is 2.68. The molecule has 3 aromatic carbocycles. The lowest BCUT2D eigenvalue weighted by molar-refractivity contribution is 0.305. The molecule has 0 saturated heterocycles. The van der Waals surface area contributed by atoms with Crippen molar-refractivity contribution in [2.45, 2.75) is 13.5 Å². The summed E-state index contributed by atoms with van der Waals surface area (Å²) in [6, 6.07) is 18.4. The second kappa shape index (κ2) is 7.49. The van der Waals surface area contributed by atoms with Crippen LogP contribution in [0, 0.1) is 12.7 Å². The minimum Gasteiger partial charge on any atom is -0.489 e. The Kier molecular flexibility index (Phi) is 4.88. The van der Waals surface area contributed by atoms with Gasteiger partial charge in [0.2, 0.25) is 5.43 Å². The first-order valence-corrected chi connectivity index (χ1v) is 9.10. The van der Waals surface area contributed by atoms with E-state index in [4.69, 9.17) is 20.8 Å². The van der Waals surface area contributed by atoms with Crippen molar-refractivity contribution in [2.75, 3.05) is 0 Å². The van der Waals surface area contributed by atoms with Crippen molar-refractivity contribution in [1.82, 2.24) is 0 Å². The molecule has 1 aromatic heterocycles. The first-order valence-electron chi connectivity index (χ1n) is 8.72. The van der Waals surface area contributed by atoms with Crippen molar-refractivity contribution >= 4 is 22.6 Å². The van der Waals surface area contributed by atoms with Crippen LogP contribution in [0.1, 0.15) is 11.3 Å². The number of aryl methyl sites for hydroxylation is 1. The molecule has 0 aliphatic carbocycles. The monoisotopic (exact) mass is 394 g/mol. The average molecular weight is 395 g/mol. The van der Waals surface area contributed by atoms with Gasteiger partial charge in [0.1, 0.15) is 29.5 Å². The summed E-state index contributed by atoms with van der Waals surface area (Å²) in [5.74, 6) is 0.747. The molecule has 5 heteroatoms. The fourth-order valence-electron chi connectivity index (χ4n) is 3.12. The lowest BCUT2D eigenvalue weighted by Crippen LogP contribution is -2.07. The van der Waals surface area contributed by atoms with E-state index in [9.17, 15) is 9.18 Å². The SMILES string of the molecule is Cc1oc2cc(OCc3cccc(F)c3)ccc2c(=O)c1-c1ccc(Cl)cc1. The van der Waals surface area contributed by atoms with Crippen LogP contribution < -0.4 is 10.2 Å². The molecule has 140 valence electrons. The van der Waals surface area contributed by atoms with E-state index < -0.39 is 0 Å². The lowest BCUT2D eigenvalue weighted by atomic mass is 10.0. The van der Waals surface area contributed by atoms with Gasteiger partial charge in [-0.1, -0.05) is 35.9 Å². The van der Waals surface area contributed by atoms with Gasteiger partial charge in [0.25, 0.3) is 0 Å². The topological polar surface area (TPSA) is 39.4 Å². The molecule has 3 nitrogen and oxygen atoms in total. The van der Waals surface area contributed by atoms with Gasteiger partial charge in [0.15, 0.2) is 0 Å². The molecule has 0 unspecified atom stereocenters. The quantitative estimate of drug-likeness (QED) is 0.417. The molecular weight excluding hydrogens is 379 g/mol. The summed E-state index contributed by atoms with van der Waals surface area (Å²) in [5, 5.41) is 1.07. The normalized spacial score (nSPS) is 11.0. The number of hydrogen-bond acceptors (Lipinski definition) is 3. The second-order valence-corrected chi connectivity index (χ2v) is 6.88. The molecule has 28 heavy (non-hydrogen) atoms. The van der Waals surface area contributed by atoms with E-state index in [1.165, 1.54) is 12.1 Å². The van der Waals surface area contributed by atoms with Gasteiger partial charge < -0.3 is 9.15 Å². The number of rotatable bonds is 4. The highest BCUT2D eigenvalue weighted by molar-refractivity contribution is 6.30. The second-order valence-electron chi connectivity index (χ2n) is 6.45. The molecule has 0 N–H and O–H groups in total.